The highest BCUT2D eigenvalue weighted by Crippen LogP contribution is 2.36. The Bertz CT molecular complexity index is 317. The van der Waals surface area contributed by atoms with Crippen molar-refractivity contribution in [3.05, 3.63) is 10.4 Å². The summed E-state index contributed by atoms with van der Waals surface area (Å²) in [6.07, 6.45) is 0. The van der Waals surface area contributed by atoms with Gasteiger partial charge in [0.2, 0.25) is 0 Å². The summed E-state index contributed by atoms with van der Waals surface area (Å²) in [6, 6.07) is 0. The van der Waals surface area contributed by atoms with Gasteiger partial charge in [-0.05, 0) is 6.92 Å². The van der Waals surface area contributed by atoms with Gasteiger partial charge in [0.1, 0.15) is 5.75 Å². The fourth-order valence-corrected chi connectivity index (χ4v) is 1.96. The number of ether oxygens (including phenoxy) is 1. The highest BCUT2D eigenvalue weighted by atomic mass is 32.2. The van der Waals surface area contributed by atoms with Crippen LogP contribution < -0.4 is 0 Å². The van der Waals surface area contributed by atoms with Crippen LogP contribution in [0.15, 0.2) is 4.21 Å². The van der Waals surface area contributed by atoms with Gasteiger partial charge in [-0.2, -0.15) is 0 Å². The quantitative estimate of drug-likeness (QED) is 0.542. The van der Waals surface area contributed by atoms with Gasteiger partial charge in [-0.15, -0.1) is 24.0 Å². The lowest BCUT2D eigenvalue weighted by Gasteiger charge is -1.94. The van der Waals surface area contributed by atoms with Crippen LogP contribution in [0.2, 0.25) is 0 Å². The summed E-state index contributed by atoms with van der Waals surface area (Å²) >= 11 is 5.19. The van der Waals surface area contributed by atoms with Crippen LogP contribution in [0.5, 0.6) is 5.75 Å². The van der Waals surface area contributed by atoms with Crippen LogP contribution in [-0.2, 0) is 4.74 Å². The van der Waals surface area contributed by atoms with Gasteiger partial charge in [0.05, 0.1) is 11.3 Å². The van der Waals surface area contributed by atoms with Crippen LogP contribution in [0.25, 0.3) is 0 Å². The van der Waals surface area contributed by atoms with Crippen molar-refractivity contribution in [1.82, 2.24) is 0 Å². The smallest absolute Gasteiger partial charge is 0.351 e. The van der Waals surface area contributed by atoms with Gasteiger partial charge in [-0.25, -0.2) is 4.79 Å². The maximum absolute atomic E-state index is 11.0. The topological polar surface area (TPSA) is 46.5 Å². The number of esters is 1. The molecule has 0 saturated heterocycles. The predicted molar refractivity (Wildman–Crippen MR) is 49.3 cm³/mol. The molecular weight excluding hydrogens is 196 g/mol. The molecule has 0 aliphatic heterocycles. The van der Waals surface area contributed by atoms with Crippen molar-refractivity contribution >= 4 is 29.9 Å². The molecule has 0 aliphatic rings. The van der Waals surface area contributed by atoms with Crippen molar-refractivity contribution in [1.29, 1.82) is 0 Å². The number of carbonyl (C=O) groups is 1. The number of hydrogen-bond donors (Lipinski definition) is 2. The van der Waals surface area contributed by atoms with Crippen molar-refractivity contribution < 1.29 is 14.6 Å². The number of carbonyl (C=O) groups excluding carboxylic acids is 1. The fraction of sp³-hybridized carbons (Fsp3) is 0.286. The number of rotatable bonds is 1. The first-order valence-electron chi connectivity index (χ1n) is 3.17. The average molecular weight is 204 g/mol. The standard InChI is InChI=1S/C7H8O3S2/c1-3-4(8)5(6(9)10-2)12-7(3)11/h8,11H,1-2H3. The zero-order chi connectivity index (χ0) is 9.30. The van der Waals surface area contributed by atoms with Gasteiger partial charge in [-0.1, -0.05) is 0 Å². The second-order valence-electron chi connectivity index (χ2n) is 2.20. The minimum atomic E-state index is -0.527. The van der Waals surface area contributed by atoms with E-state index in [2.05, 4.69) is 17.4 Å². The molecule has 0 spiro atoms. The molecule has 1 heterocycles. The highest BCUT2D eigenvalue weighted by Gasteiger charge is 2.18. The van der Waals surface area contributed by atoms with Crippen LogP contribution in [0.1, 0.15) is 15.2 Å². The minimum absolute atomic E-state index is 0.0307. The summed E-state index contributed by atoms with van der Waals surface area (Å²) in [5.74, 6) is -0.558. The summed E-state index contributed by atoms with van der Waals surface area (Å²) in [5.41, 5.74) is 0.615. The van der Waals surface area contributed by atoms with E-state index in [1.165, 1.54) is 7.11 Å². The van der Waals surface area contributed by atoms with Crippen molar-refractivity contribution in [3.63, 3.8) is 0 Å². The third-order valence-corrected chi connectivity index (χ3v) is 3.13. The van der Waals surface area contributed by atoms with Crippen molar-refractivity contribution in [3.8, 4) is 5.75 Å². The molecule has 1 aromatic rings. The number of aromatic hydroxyl groups is 1. The van der Waals surface area contributed by atoms with Gasteiger partial charge >= 0.3 is 5.97 Å². The van der Waals surface area contributed by atoms with Gasteiger partial charge in [0.25, 0.3) is 0 Å². The monoisotopic (exact) mass is 204 g/mol. The normalized spacial score (nSPS) is 9.92. The molecule has 0 saturated carbocycles. The molecule has 0 atom stereocenters. The van der Waals surface area contributed by atoms with Crippen LogP contribution in [0, 0.1) is 6.92 Å². The SMILES string of the molecule is COC(=O)c1sc(S)c(C)c1O. The molecule has 1 aromatic heterocycles. The average Bonchev–Trinajstić information content (AvgIpc) is 2.32. The number of methoxy groups -OCH3 is 1. The predicted octanol–water partition coefficient (Wildman–Crippen LogP) is 1.84. The number of thiophene rings is 1. The summed E-state index contributed by atoms with van der Waals surface area (Å²) in [4.78, 5) is 11.2. The lowest BCUT2D eigenvalue weighted by Crippen LogP contribution is -1.97. The van der Waals surface area contributed by atoms with Crippen LogP contribution >= 0.6 is 24.0 Å². The molecule has 66 valence electrons. The third-order valence-electron chi connectivity index (χ3n) is 1.46. The Morgan fingerprint density at radius 2 is 2.25 bits per heavy atom. The second kappa shape index (κ2) is 3.37. The molecule has 0 unspecified atom stereocenters. The van der Waals surface area contributed by atoms with E-state index in [0.717, 1.165) is 11.3 Å². The second-order valence-corrected chi connectivity index (χ2v) is 3.97. The Morgan fingerprint density at radius 1 is 1.67 bits per heavy atom. The van der Waals surface area contributed by atoms with Crippen LogP contribution in [0.4, 0.5) is 0 Å². The van der Waals surface area contributed by atoms with Gasteiger partial charge < -0.3 is 9.84 Å². The van der Waals surface area contributed by atoms with E-state index < -0.39 is 5.97 Å². The van der Waals surface area contributed by atoms with E-state index in [1.807, 2.05) is 0 Å². The fourth-order valence-electron chi connectivity index (χ4n) is 0.724. The first kappa shape index (κ1) is 9.41. The van der Waals surface area contributed by atoms with E-state index in [4.69, 9.17) is 0 Å². The molecule has 5 heteroatoms. The lowest BCUT2D eigenvalue weighted by atomic mass is 10.3. The molecule has 0 aromatic carbocycles. The maximum Gasteiger partial charge on any atom is 0.351 e. The maximum atomic E-state index is 11.0. The van der Waals surface area contributed by atoms with E-state index >= 15 is 0 Å². The largest absolute Gasteiger partial charge is 0.506 e. The Hall–Kier alpha value is -0.680. The summed E-state index contributed by atoms with van der Waals surface area (Å²) < 4.78 is 5.10. The van der Waals surface area contributed by atoms with E-state index in [1.54, 1.807) is 6.92 Å². The number of thiol groups is 1. The van der Waals surface area contributed by atoms with Gasteiger partial charge in [0.15, 0.2) is 4.88 Å². The molecule has 0 amide bonds. The molecule has 0 aliphatic carbocycles. The lowest BCUT2D eigenvalue weighted by molar-refractivity contribution is 0.0603. The third kappa shape index (κ3) is 1.42. The van der Waals surface area contributed by atoms with E-state index in [9.17, 15) is 9.90 Å². The molecule has 0 fully saturated rings. The Labute approximate surface area is 79.4 Å². The van der Waals surface area contributed by atoms with Crippen LogP contribution in [0.3, 0.4) is 0 Å². The van der Waals surface area contributed by atoms with Crippen molar-refractivity contribution in [2.24, 2.45) is 0 Å². The summed E-state index contributed by atoms with van der Waals surface area (Å²) in [5, 5.41) is 9.38. The summed E-state index contributed by atoms with van der Waals surface area (Å²) in [6.45, 7) is 1.70. The minimum Gasteiger partial charge on any atom is -0.506 e. The van der Waals surface area contributed by atoms with E-state index in [0.29, 0.717) is 9.77 Å². The molecule has 1 N–H and O–H groups in total. The van der Waals surface area contributed by atoms with Gasteiger partial charge in [-0.3, -0.25) is 0 Å². The van der Waals surface area contributed by atoms with Crippen LogP contribution in [-0.4, -0.2) is 18.2 Å². The molecule has 3 nitrogen and oxygen atoms in total. The van der Waals surface area contributed by atoms with E-state index in [-0.39, 0.29) is 10.6 Å². The molecular formula is C7H8O3S2. The first-order chi connectivity index (χ1) is 5.57. The zero-order valence-corrected chi connectivity index (χ0v) is 8.33. The van der Waals surface area contributed by atoms with Crippen molar-refractivity contribution in [2.45, 2.75) is 11.1 Å². The first-order valence-corrected chi connectivity index (χ1v) is 4.44. The Kier molecular flexibility index (Phi) is 2.64. The molecule has 0 radical (unpaired) electrons. The summed E-state index contributed by atoms with van der Waals surface area (Å²) in [7, 11) is 1.27. The van der Waals surface area contributed by atoms with Gasteiger partial charge in [0, 0.05) is 5.56 Å². The number of hydrogen-bond acceptors (Lipinski definition) is 5. The highest BCUT2D eigenvalue weighted by molar-refractivity contribution is 7.83. The Morgan fingerprint density at radius 3 is 2.58 bits per heavy atom. The Balaban J connectivity index is 3.17. The molecule has 12 heavy (non-hydrogen) atoms. The van der Waals surface area contributed by atoms with Crippen molar-refractivity contribution in [2.75, 3.05) is 7.11 Å². The molecule has 0 bridgehead atoms. The molecule has 1 rings (SSSR count). The zero-order valence-electron chi connectivity index (χ0n) is 6.62.